The molecule has 1 aromatic carbocycles. The molecule has 0 aliphatic carbocycles. The van der Waals surface area contributed by atoms with Gasteiger partial charge < -0.3 is 20.5 Å². The van der Waals surface area contributed by atoms with Gasteiger partial charge in [-0.25, -0.2) is 4.79 Å². The van der Waals surface area contributed by atoms with Gasteiger partial charge in [-0.05, 0) is 19.1 Å². The van der Waals surface area contributed by atoms with E-state index >= 15 is 0 Å². The molecule has 2 aromatic rings. The largest absolute Gasteiger partial charge is 0.493 e. The number of fused-ring (bicyclic) bond motifs is 1. The van der Waals surface area contributed by atoms with Gasteiger partial charge in [0, 0.05) is 24.7 Å². The first-order valence-corrected chi connectivity index (χ1v) is 7.97. The first kappa shape index (κ1) is 16.3. The Morgan fingerprint density at radius 3 is 2.96 bits per heavy atom. The van der Waals surface area contributed by atoms with Crippen LogP contribution in [0.2, 0.25) is 0 Å². The minimum absolute atomic E-state index is 0.0590. The van der Waals surface area contributed by atoms with Gasteiger partial charge in [0.2, 0.25) is 0 Å². The van der Waals surface area contributed by atoms with Crippen LogP contribution >= 0.6 is 0 Å². The molecule has 1 aliphatic heterocycles. The van der Waals surface area contributed by atoms with Crippen LogP contribution < -0.4 is 15.4 Å². The molecule has 128 valence electrons. The minimum Gasteiger partial charge on any atom is -0.493 e. The number of aryl methyl sites for hydroxylation is 1. The molecule has 7 heteroatoms. The molecule has 7 nitrogen and oxygen atoms in total. The molecule has 0 fully saturated rings. The molecule has 2 heterocycles. The third kappa shape index (κ3) is 3.21. The van der Waals surface area contributed by atoms with Crippen LogP contribution in [0.1, 0.15) is 30.3 Å². The zero-order chi connectivity index (χ0) is 17.1. The van der Waals surface area contributed by atoms with Gasteiger partial charge in [-0.3, -0.25) is 4.68 Å². The summed E-state index contributed by atoms with van der Waals surface area (Å²) in [6.07, 6.45) is 1.70. The van der Waals surface area contributed by atoms with Crippen molar-refractivity contribution in [1.29, 1.82) is 0 Å². The number of hydrogen-bond acceptors (Lipinski definition) is 4. The Hall–Kier alpha value is -2.54. The van der Waals surface area contributed by atoms with Crippen molar-refractivity contribution in [2.24, 2.45) is 13.0 Å². The Balaban J connectivity index is 1.72. The lowest BCUT2D eigenvalue weighted by Gasteiger charge is -2.33. The van der Waals surface area contributed by atoms with E-state index in [0.29, 0.717) is 6.61 Å². The van der Waals surface area contributed by atoms with Gasteiger partial charge in [0.05, 0.1) is 31.0 Å². The number of rotatable bonds is 4. The monoisotopic (exact) mass is 330 g/mol. The number of ether oxygens (including phenoxy) is 1. The van der Waals surface area contributed by atoms with Crippen LogP contribution in [-0.4, -0.2) is 34.1 Å². The van der Waals surface area contributed by atoms with E-state index in [1.165, 1.54) is 0 Å². The van der Waals surface area contributed by atoms with Crippen molar-refractivity contribution >= 4 is 6.03 Å². The van der Waals surface area contributed by atoms with E-state index in [9.17, 15) is 9.90 Å². The third-order valence-corrected chi connectivity index (χ3v) is 4.35. The lowest BCUT2D eigenvalue weighted by Crippen LogP contribution is -2.45. The number of carbonyl (C=O) groups excluding carboxylic acids is 1. The molecule has 3 atom stereocenters. The zero-order valence-corrected chi connectivity index (χ0v) is 13.8. The van der Waals surface area contributed by atoms with Gasteiger partial charge in [0.15, 0.2) is 0 Å². The summed E-state index contributed by atoms with van der Waals surface area (Å²) < 4.78 is 7.38. The highest BCUT2D eigenvalue weighted by molar-refractivity contribution is 5.75. The Labute approximate surface area is 140 Å². The van der Waals surface area contributed by atoms with Crippen molar-refractivity contribution in [2.45, 2.75) is 19.0 Å². The lowest BCUT2D eigenvalue weighted by molar-refractivity contribution is 0.113. The Morgan fingerprint density at radius 1 is 1.46 bits per heavy atom. The normalized spacial score (nSPS) is 20.6. The average molecular weight is 330 g/mol. The standard InChI is InChI=1S/C17H22N4O3/c1-11(14-7-8-18-21(14)2)19-17(23)20-16-12(9-22)10-24-15-6-4-3-5-13(15)16/h3-8,11-12,16,22H,9-10H2,1-2H3,(H2,19,20,23)/t11?,12-,16-/m1/s1. The number of aromatic nitrogens is 2. The van der Waals surface area contributed by atoms with Gasteiger partial charge in [-0.15, -0.1) is 0 Å². The van der Waals surface area contributed by atoms with E-state index < -0.39 is 0 Å². The summed E-state index contributed by atoms with van der Waals surface area (Å²) in [5.41, 5.74) is 1.79. The maximum Gasteiger partial charge on any atom is 0.315 e. The van der Waals surface area contributed by atoms with Gasteiger partial charge >= 0.3 is 6.03 Å². The van der Waals surface area contributed by atoms with Crippen molar-refractivity contribution in [3.8, 4) is 5.75 Å². The molecule has 0 saturated heterocycles. The molecule has 0 spiro atoms. The van der Waals surface area contributed by atoms with E-state index in [1.807, 2.05) is 44.3 Å². The first-order chi connectivity index (χ1) is 11.6. The average Bonchev–Trinajstić information content (AvgIpc) is 3.01. The molecule has 24 heavy (non-hydrogen) atoms. The van der Waals surface area contributed by atoms with Crippen molar-refractivity contribution < 1.29 is 14.6 Å². The zero-order valence-electron chi connectivity index (χ0n) is 13.8. The van der Waals surface area contributed by atoms with E-state index in [-0.39, 0.29) is 30.6 Å². The molecule has 0 saturated carbocycles. The van der Waals surface area contributed by atoms with Crippen LogP contribution in [0.15, 0.2) is 36.5 Å². The second kappa shape index (κ2) is 6.92. The number of aliphatic hydroxyl groups excluding tert-OH is 1. The van der Waals surface area contributed by atoms with E-state index in [2.05, 4.69) is 15.7 Å². The quantitative estimate of drug-likeness (QED) is 0.793. The van der Waals surface area contributed by atoms with Gasteiger partial charge in [-0.1, -0.05) is 18.2 Å². The number of hydrogen-bond donors (Lipinski definition) is 3. The summed E-state index contributed by atoms with van der Waals surface area (Å²) in [7, 11) is 1.84. The van der Waals surface area contributed by atoms with Gasteiger partial charge in [-0.2, -0.15) is 5.10 Å². The fourth-order valence-electron chi connectivity index (χ4n) is 3.03. The molecule has 0 radical (unpaired) electrons. The number of benzene rings is 1. The molecular weight excluding hydrogens is 308 g/mol. The number of nitrogens with one attached hydrogen (secondary N) is 2. The summed E-state index contributed by atoms with van der Waals surface area (Å²) in [6, 6.07) is 8.67. The molecule has 3 rings (SSSR count). The van der Waals surface area contributed by atoms with Crippen LogP contribution in [0.3, 0.4) is 0 Å². The number of carbonyl (C=O) groups is 1. The van der Waals surface area contributed by atoms with Crippen LogP contribution in [0.25, 0.3) is 0 Å². The molecule has 1 aliphatic rings. The van der Waals surface area contributed by atoms with Crippen molar-refractivity contribution in [3.05, 3.63) is 47.8 Å². The molecular formula is C17H22N4O3. The summed E-state index contributed by atoms with van der Waals surface area (Å²) in [5.74, 6) is 0.560. The molecule has 1 aromatic heterocycles. The Kier molecular flexibility index (Phi) is 4.71. The highest BCUT2D eigenvalue weighted by atomic mass is 16.5. The first-order valence-electron chi connectivity index (χ1n) is 7.97. The van der Waals surface area contributed by atoms with Gasteiger partial charge in [0.25, 0.3) is 0 Å². The second-order valence-corrected chi connectivity index (χ2v) is 5.99. The summed E-state index contributed by atoms with van der Waals surface area (Å²) >= 11 is 0. The number of nitrogens with zero attached hydrogens (tertiary/aromatic N) is 2. The molecule has 1 unspecified atom stereocenters. The second-order valence-electron chi connectivity index (χ2n) is 5.99. The molecule has 2 amide bonds. The maximum absolute atomic E-state index is 12.4. The summed E-state index contributed by atoms with van der Waals surface area (Å²) in [4.78, 5) is 12.4. The number of urea groups is 1. The van der Waals surface area contributed by atoms with Gasteiger partial charge in [0.1, 0.15) is 5.75 Å². The highest BCUT2D eigenvalue weighted by Gasteiger charge is 2.31. The SMILES string of the molecule is CC(NC(=O)N[C@H]1c2ccccc2OC[C@H]1CO)c1ccnn1C. The van der Waals surface area contributed by atoms with Crippen LogP contribution in [0.4, 0.5) is 4.79 Å². The number of para-hydroxylation sites is 1. The number of amides is 2. The fraction of sp³-hybridized carbons (Fsp3) is 0.412. The van der Waals surface area contributed by atoms with Crippen LogP contribution in [0, 0.1) is 5.92 Å². The van der Waals surface area contributed by atoms with E-state index in [4.69, 9.17) is 4.74 Å². The van der Waals surface area contributed by atoms with Crippen molar-refractivity contribution in [3.63, 3.8) is 0 Å². The predicted molar refractivity (Wildman–Crippen MR) is 88.5 cm³/mol. The summed E-state index contributed by atoms with van der Waals surface area (Å²) in [6.45, 7) is 2.21. The molecule has 0 bridgehead atoms. The number of aliphatic hydroxyl groups is 1. The molecule has 3 N–H and O–H groups in total. The van der Waals surface area contributed by atoms with E-state index in [0.717, 1.165) is 17.0 Å². The lowest BCUT2D eigenvalue weighted by atomic mass is 9.91. The Bertz CT molecular complexity index is 715. The maximum atomic E-state index is 12.4. The smallest absolute Gasteiger partial charge is 0.315 e. The minimum atomic E-state index is -0.293. The van der Waals surface area contributed by atoms with Crippen molar-refractivity contribution in [1.82, 2.24) is 20.4 Å². The summed E-state index contributed by atoms with van der Waals surface area (Å²) in [5, 5.41) is 19.6. The van der Waals surface area contributed by atoms with E-state index in [1.54, 1.807) is 10.9 Å². The van der Waals surface area contributed by atoms with Crippen LogP contribution in [-0.2, 0) is 7.05 Å². The topological polar surface area (TPSA) is 88.4 Å². The van der Waals surface area contributed by atoms with Crippen LogP contribution in [0.5, 0.6) is 5.75 Å². The highest BCUT2D eigenvalue weighted by Crippen LogP contribution is 2.35. The third-order valence-electron chi connectivity index (χ3n) is 4.35. The Morgan fingerprint density at radius 2 is 2.25 bits per heavy atom. The predicted octanol–water partition coefficient (Wildman–Crippen LogP) is 1.52. The fourth-order valence-corrected chi connectivity index (χ4v) is 3.03. The van der Waals surface area contributed by atoms with Crippen molar-refractivity contribution in [2.75, 3.05) is 13.2 Å².